The second-order valence-corrected chi connectivity index (χ2v) is 7.16. The quantitative estimate of drug-likeness (QED) is 0.760. The Morgan fingerprint density at radius 3 is 1.81 bits per heavy atom. The zero-order valence-electron chi connectivity index (χ0n) is 16.1. The van der Waals surface area contributed by atoms with Gasteiger partial charge < -0.3 is 29.5 Å². The molecule has 2 aliphatic heterocycles. The molecule has 2 N–H and O–H groups in total. The van der Waals surface area contributed by atoms with Gasteiger partial charge in [-0.1, -0.05) is 0 Å². The number of aromatic hydroxyl groups is 2. The molecule has 2 heterocycles. The van der Waals surface area contributed by atoms with E-state index in [2.05, 4.69) is 9.80 Å². The maximum absolute atomic E-state index is 9.38. The first kappa shape index (κ1) is 19.3. The van der Waals surface area contributed by atoms with Crippen LogP contribution in [0.2, 0.25) is 0 Å². The average Bonchev–Trinajstić information content (AvgIpc) is 3.55. The summed E-state index contributed by atoms with van der Waals surface area (Å²) in [5.41, 5.74) is 3.13. The molecule has 0 radical (unpaired) electrons. The van der Waals surface area contributed by atoms with Crippen LogP contribution in [0.5, 0.6) is 11.5 Å². The lowest BCUT2D eigenvalue weighted by atomic mass is 10.2. The van der Waals surface area contributed by atoms with E-state index < -0.39 is 0 Å². The van der Waals surface area contributed by atoms with Gasteiger partial charge in [0.25, 0.3) is 0 Å². The second-order valence-electron chi connectivity index (χ2n) is 7.16. The lowest BCUT2D eigenvalue weighted by Gasteiger charge is -2.18. The fourth-order valence-electron chi connectivity index (χ4n) is 2.75. The van der Waals surface area contributed by atoms with Gasteiger partial charge in [0.05, 0.1) is 25.4 Å². The largest absolute Gasteiger partial charge is 0.508 e. The van der Waals surface area contributed by atoms with Gasteiger partial charge in [-0.25, -0.2) is 0 Å². The molecule has 0 spiro atoms. The summed E-state index contributed by atoms with van der Waals surface area (Å²) in [6, 6.07) is 12.8. The summed E-state index contributed by atoms with van der Waals surface area (Å²) in [5, 5.41) is 18.5. The first-order valence-corrected chi connectivity index (χ1v) is 9.16. The zero-order valence-corrected chi connectivity index (χ0v) is 16.1. The van der Waals surface area contributed by atoms with Gasteiger partial charge in [-0.3, -0.25) is 0 Å². The molecule has 2 saturated heterocycles. The Balaban J connectivity index is 0.000000156. The average molecular weight is 372 g/mol. The number of anilines is 2. The molecule has 0 amide bonds. The van der Waals surface area contributed by atoms with Crippen molar-refractivity contribution in [1.29, 1.82) is 0 Å². The number of ether oxygens (including phenoxy) is 2. The van der Waals surface area contributed by atoms with Gasteiger partial charge in [0.1, 0.15) is 11.5 Å². The van der Waals surface area contributed by atoms with E-state index in [1.165, 1.54) is 0 Å². The highest BCUT2D eigenvalue weighted by Gasteiger charge is 2.24. The van der Waals surface area contributed by atoms with Gasteiger partial charge >= 0.3 is 0 Å². The van der Waals surface area contributed by atoms with Crippen LogP contribution >= 0.6 is 0 Å². The first-order valence-electron chi connectivity index (χ1n) is 9.16. The summed E-state index contributed by atoms with van der Waals surface area (Å²) in [6.07, 6.45) is 0.799. The molecule has 2 aliphatic rings. The molecule has 0 bridgehead atoms. The number of phenolic OH excluding ortho intramolecular Hbond substituents is 2. The molecular weight excluding hydrogens is 344 g/mol. The fraction of sp³-hybridized carbons (Fsp3) is 0.429. The first-order chi connectivity index (χ1) is 12.9. The van der Waals surface area contributed by atoms with Crippen LogP contribution in [-0.4, -0.2) is 62.8 Å². The molecule has 6 nitrogen and oxygen atoms in total. The molecule has 0 aliphatic carbocycles. The summed E-state index contributed by atoms with van der Waals surface area (Å²) < 4.78 is 10.3. The van der Waals surface area contributed by atoms with Crippen molar-refractivity contribution in [2.24, 2.45) is 0 Å². The molecule has 0 aromatic heterocycles. The lowest BCUT2D eigenvalue weighted by Crippen LogP contribution is -2.22. The van der Waals surface area contributed by atoms with E-state index >= 15 is 0 Å². The molecule has 6 heteroatoms. The molecule has 27 heavy (non-hydrogen) atoms. The molecule has 4 rings (SSSR count). The van der Waals surface area contributed by atoms with Gasteiger partial charge in [-0.15, -0.1) is 0 Å². The molecule has 146 valence electrons. The number of hydrogen-bond donors (Lipinski definition) is 2. The van der Waals surface area contributed by atoms with Crippen LogP contribution in [0, 0.1) is 6.92 Å². The Bertz CT molecular complexity index is 742. The van der Waals surface area contributed by atoms with Crippen LogP contribution < -0.4 is 9.80 Å². The Morgan fingerprint density at radius 2 is 1.33 bits per heavy atom. The van der Waals surface area contributed by atoms with Crippen LogP contribution in [0.15, 0.2) is 42.5 Å². The summed E-state index contributed by atoms with van der Waals surface area (Å²) in [7, 11) is 4.06. The molecule has 2 fully saturated rings. The number of epoxide rings is 2. The number of phenols is 2. The van der Waals surface area contributed by atoms with E-state index in [1.54, 1.807) is 18.2 Å². The predicted octanol–water partition coefficient (Wildman–Crippen LogP) is 2.76. The topological polar surface area (TPSA) is 72.0 Å². The van der Waals surface area contributed by atoms with Crippen LogP contribution in [0.1, 0.15) is 5.56 Å². The van der Waals surface area contributed by atoms with E-state index in [0.717, 1.165) is 43.2 Å². The second kappa shape index (κ2) is 8.50. The summed E-state index contributed by atoms with van der Waals surface area (Å²) in [6.45, 7) is 5.50. The maximum Gasteiger partial charge on any atom is 0.118 e. The third-order valence-electron chi connectivity index (χ3n) is 4.67. The van der Waals surface area contributed by atoms with Gasteiger partial charge in [-0.2, -0.15) is 0 Å². The van der Waals surface area contributed by atoms with E-state index in [9.17, 15) is 5.11 Å². The smallest absolute Gasteiger partial charge is 0.118 e. The van der Waals surface area contributed by atoms with Crippen LogP contribution in [-0.2, 0) is 9.47 Å². The highest BCUT2D eigenvalue weighted by Crippen LogP contribution is 2.24. The van der Waals surface area contributed by atoms with E-state index in [0.29, 0.717) is 23.7 Å². The Labute approximate surface area is 160 Å². The van der Waals surface area contributed by atoms with Crippen molar-refractivity contribution in [3.8, 4) is 11.5 Å². The Hall–Kier alpha value is -2.44. The minimum absolute atomic E-state index is 0.305. The molecule has 2 aromatic rings. The predicted molar refractivity (Wildman–Crippen MR) is 107 cm³/mol. The summed E-state index contributed by atoms with van der Waals surface area (Å²) >= 11 is 0. The molecule has 2 aromatic carbocycles. The summed E-state index contributed by atoms with van der Waals surface area (Å²) in [4.78, 5) is 4.27. The van der Waals surface area contributed by atoms with Crippen molar-refractivity contribution < 1.29 is 19.7 Å². The molecule has 2 unspecified atom stereocenters. The van der Waals surface area contributed by atoms with Gasteiger partial charge in [0.2, 0.25) is 0 Å². The van der Waals surface area contributed by atoms with Gasteiger partial charge in [0.15, 0.2) is 0 Å². The number of aryl methyl sites for hydroxylation is 1. The van der Waals surface area contributed by atoms with Gasteiger partial charge in [0, 0.05) is 38.6 Å². The number of hydrogen-bond acceptors (Lipinski definition) is 6. The van der Waals surface area contributed by atoms with E-state index in [-0.39, 0.29) is 0 Å². The van der Waals surface area contributed by atoms with Crippen molar-refractivity contribution in [3.05, 3.63) is 48.0 Å². The van der Waals surface area contributed by atoms with Gasteiger partial charge in [-0.05, 0) is 55.0 Å². The molecule has 2 atom stereocenters. The monoisotopic (exact) mass is 372 g/mol. The van der Waals surface area contributed by atoms with Crippen molar-refractivity contribution in [3.63, 3.8) is 0 Å². The van der Waals surface area contributed by atoms with Crippen LogP contribution in [0.25, 0.3) is 0 Å². The Morgan fingerprint density at radius 1 is 0.852 bits per heavy atom. The molecular formula is C21H28N2O4. The van der Waals surface area contributed by atoms with Crippen molar-refractivity contribution in [1.82, 2.24) is 0 Å². The van der Waals surface area contributed by atoms with Crippen molar-refractivity contribution in [2.75, 3.05) is 50.2 Å². The molecule has 0 saturated carbocycles. The minimum Gasteiger partial charge on any atom is -0.508 e. The van der Waals surface area contributed by atoms with Crippen molar-refractivity contribution in [2.45, 2.75) is 19.1 Å². The number of rotatable bonds is 6. The maximum atomic E-state index is 9.38. The standard InChI is InChI=1S/C11H15NO2.C10H13NO2/c1-8-5-9(3-4-11(8)13)12(2)6-10-7-14-10;1-11(6-10-7-13-10)8-2-4-9(12)5-3-8/h3-5,10,13H,6-7H2,1-2H3;2-5,10,12H,6-7H2,1H3. The number of likely N-dealkylation sites (N-methyl/N-ethyl adjacent to an activating group) is 2. The third kappa shape index (κ3) is 6.05. The SMILES string of the molecule is CN(CC1CO1)c1ccc(O)cc1.Cc1cc(N(C)CC2CO2)ccc1O. The summed E-state index contributed by atoms with van der Waals surface area (Å²) in [5.74, 6) is 0.657. The highest BCUT2D eigenvalue weighted by atomic mass is 16.6. The minimum atomic E-state index is 0.305. The third-order valence-corrected chi connectivity index (χ3v) is 4.67. The van der Waals surface area contributed by atoms with E-state index in [1.807, 2.05) is 45.3 Å². The highest BCUT2D eigenvalue weighted by molar-refractivity contribution is 5.52. The lowest BCUT2D eigenvalue weighted by molar-refractivity contribution is 0.410. The zero-order chi connectivity index (χ0) is 19.4. The van der Waals surface area contributed by atoms with E-state index in [4.69, 9.17) is 14.6 Å². The number of nitrogens with zero attached hydrogens (tertiary/aromatic N) is 2. The fourth-order valence-corrected chi connectivity index (χ4v) is 2.75. The Kier molecular flexibility index (Phi) is 6.08. The van der Waals surface area contributed by atoms with Crippen LogP contribution in [0.3, 0.4) is 0 Å². The number of benzene rings is 2. The normalized spacial score (nSPS) is 19.7. The van der Waals surface area contributed by atoms with Crippen molar-refractivity contribution >= 4 is 11.4 Å². The van der Waals surface area contributed by atoms with Crippen LogP contribution in [0.4, 0.5) is 11.4 Å².